The van der Waals surface area contributed by atoms with Crippen molar-refractivity contribution in [2.24, 2.45) is 0 Å². The van der Waals surface area contributed by atoms with Gasteiger partial charge in [-0.2, -0.15) is 0 Å². The van der Waals surface area contributed by atoms with Crippen LogP contribution in [0, 0.1) is 0 Å². The molecule has 0 fully saturated rings. The van der Waals surface area contributed by atoms with Gasteiger partial charge < -0.3 is 15.2 Å². The van der Waals surface area contributed by atoms with Crippen LogP contribution in [0.1, 0.15) is 30.9 Å². The number of carboxylic acid groups (broad SMARTS) is 1. The summed E-state index contributed by atoms with van der Waals surface area (Å²) in [5, 5.41) is 10.8. The Morgan fingerprint density at radius 2 is 2.05 bits per heavy atom. The summed E-state index contributed by atoms with van der Waals surface area (Å²) in [4.78, 5) is 21.9. The molecule has 0 saturated heterocycles. The fourth-order valence-electron chi connectivity index (χ4n) is 1.68. The van der Waals surface area contributed by atoms with Crippen molar-refractivity contribution in [3.8, 4) is 5.75 Å². The van der Waals surface area contributed by atoms with Gasteiger partial charge in [0.2, 0.25) is 5.91 Å². The Kier molecular flexibility index (Phi) is 5.36. The largest absolute Gasteiger partial charge is 0.496 e. The van der Waals surface area contributed by atoms with E-state index in [1.807, 2.05) is 18.2 Å². The second kappa shape index (κ2) is 6.78. The molecule has 0 atom stereocenters. The molecule has 19 heavy (non-hydrogen) atoms. The fourth-order valence-corrected chi connectivity index (χ4v) is 1.68. The monoisotopic (exact) mass is 265 g/mol. The van der Waals surface area contributed by atoms with Gasteiger partial charge in [-0.3, -0.25) is 9.59 Å². The fraction of sp³-hybridized carbons (Fsp3) is 0.429. The van der Waals surface area contributed by atoms with Crippen LogP contribution in [-0.4, -0.2) is 30.6 Å². The average molecular weight is 265 g/mol. The molecule has 104 valence electrons. The number of hydrogen-bond acceptors (Lipinski definition) is 3. The lowest BCUT2D eigenvalue weighted by Crippen LogP contribution is -2.30. The number of carboxylic acids is 1. The van der Waals surface area contributed by atoms with Crippen molar-refractivity contribution in [2.75, 3.05) is 13.7 Å². The molecule has 0 radical (unpaired) electrons. The minimum Gasteiger partial charge on any atom is -0.496 e. The van der Waals surface area contributed by atoms with Crippen LogP contribution < -0.4 is 10.1 Å². The van der Waals surface area contributed by atoms with E-state index in [1.54, 1.807) is 7.11 Å². The number of hydrogen-bond donors (Lipinski definition) is 2. The molecule has 0 aliphatic carbocycles. The predicted octanol–water partition coefficient (Wildman–Crippen LogP) is 1.56. The van der Waals surface area contributed by atoms with E-state index in [0.717, 1.165) is 11.1 Å². The predicted molar refractivity (Wildman–Crippen MR) is 71.4 cm³/mol. The third kappa shape index (κ3) is 4.62. The molecule has 0 saturated carbocycles. The summed E-state index contributed by atoms with van der Waals surface area (Å²) in [5.74, 6) is -0.367. The lowest BCUT2D eigenvalue weighted by Gasteiger charge is -2.12. The first-order valence-electron chi connectivity index (χ1n) is 6.09. The van der Waals surface area contributed by atoms with Gasteiger partial charge >= 0.3 is 5.97 Å². The molecule has 1 aromatic carbocycles. The zero-order valence-corrected chi connectivity index (χ0v) is 11.4. The molecule has 0 aliphatic heterocycles. The van der Waals surface area contributed by atoms with Gasteiger partial charge in [0, 0.05) is 5.56 Å². The van der Waals surface area contributed by atoms with Crippen molar-refractivity contribution in [2.45, 2.75) is 26.2 Å². The highest BCUT2D eigenvalue weighted by Gasteiger charge is 2.11. The van der Waals surface area contributed by atoms with E-state index in [1.165, 1.54) is 0 Å². The van der Waals surface area contributed by atoms with Crippen molar-refractivity contribution in [1.29, 1.82) is 0 Å². The van der Waals surface area contributed by atoms with Gasteiger partial charge in [-0.05, 0) is 17.5 Å². The van der Waals surface area contributed by atoms with Crippen LogP contribution >= 0.6 is 0 Å². The smallest absolute Gasteiger partial charge is 0.322 e. The lowest BCUT2D eigenvalue weighted by atomic mass is 9.99. The summed E-state index contributed by atoms with van der Waals surface area (Å²) in [6, 6.07) is 5.70. The van der Waals surface area contributed by atoms with Gasteiger partial charge in [-0.15, -0.1) is 0 Å². The maximum atomic E-state index is 11.6. The molecule has 1 aromatic rings. The minimum atomic E-state index is -1.06. The number of amides is 1. The van der Waals surface area contributed by atoms with Gasteiger partial charge in [-0.1, -0.05) is 26.0 Å². The highest BCUT2D eigenvalue weighted by atomic mass is 16.5. The van der Waals surface area contributed by atoms with E-state index in [9.17, 15) is 9.59 Å². The molecule has 5 nitrogen and oxygen atoms in total. The zero-order valence-electron chi connectivity index (χ0n) is 11.4. The molecular weight excluding hydrogens is 246 g/mol. The number of ether oxygens (including phenoxy) is 1. The van der Waals surface area contributed by atoms with Crippen molar-refractivity contribution in [1.82, 2.24) is 5.32 Å². The van der Waals surface area contributed by atoms with E-state index >= 15 is 0 Å². The Hall–Kier alpha value is -2.04. The van der Waals surface area contributed by atoms with Crippen molar-refractivity contribution >= 4 is 11.9 Å². The third-order valence-corrected chi connectivity index (χ3v) is 2.77. The maximum Gasteiger partial charge on any atom is 0.322 e. The number of rotatable bonds is 6. The highest BCUT2D eigenvalue weighted by molar-refractivity contribution is 5.83. The molecule has 0 bridgehead atoms. The highest BCUT2D eigenvalue weighted by Crippen LogP contribution is 2.25. The summed E-state index contributed by atoms with van der Waals surface area (Å²) in [6.07, 6.45) is 0.106. The quantitative estimate of drug-likeness (QED) is 0.818. The second-order valence-electron chi connectivity index (χ2n) is 4.57. The van der Waals surface area contributed by atoms with Crippen LogP contribution in [0.5, 0.6) is 5.75 Å². The van der Waals surface area contributed by atoms with Gasteiger partial charge in [0.25, 0.3) is 0 Å². The summed E-state index contributed by atoms with van der Waals surface area (Å²) in [6.45, 7) is 3.78. The molecular formula is C14H19NO4. The van der Waals surface area contributed by atoms with E-state index in [4.69, 9.17) is 9.84 Å². The Balaban J connectivity index is 2.77. The Labute approximate surface area is 112 Å². The molecule has 0 unspecified atom stereocenters. The van der Waals surface area contributed by atoms with E-state index in [-0.39, 0.29) is 18.9 Å². The average Bonchev–Trinajstić information content (AvgIpc) is 2.36. The van der Waals surface area contributed by atoms with Gasteiger partial charge in [0.05, 0.1) is 13.5 Å². The zero-order chi connectivity index (χ0) is 14.4. The first-order chi connectivity index (χ1) is 8.93. The number of benzene rings is 1. The Bertz CT molecular complexity index is 469. The number of carbonyl (C=O) groups excluding carboxylic acids is 1. The van der Waals surface area contributed by atoms with E-state index in [2.05, 4.69) is 19.2 Å². The van der Waals surface area contributed by atoms with Gasteiger partial charge in [-0.25, -0.2) is 0 Å². The summed E-state index contributed by atoms with van der Waals surface area (Å²) in [7, 11) is 1.55. The number of nitrogens with one attached hydrogen (secondary N) is 1. The van der Waals surface area contributed by atoms with E-state index in [0.29, 0.717) is 11.7 Å². The topological polar surface area (TPSA) is 75.6 Å². The molecule has 0 aliphatic rings. The number of carbonyl (C=O) groups is 2. The molecule has 5 heteroatoms. The van der Waals surface area contributed by atoms with Gasteiger partial charge in [0.1, 0.15) is 12.3 Å². The molecule has 0 aromatic heterocycles. The Morgan fingerprint density at radius 3 is 2.58 bits per heavy atom. The van der Waals surface area contributed by atoms with Crippen LogP contribution in [0.25, 0.3) is 0 Å². The third-order valence-electron chi connectivity index (χ3n) is 2.77. The van der Waals surface area contributed by atoms with Crippen LogP contribution in [0.2, 0.25) is 0 Å². The normalized spacial score (nSPS) is 10.3. The molecule has 1 amide bonds. The lowest BCUT2D eigenvalue weighted by molar-refractivity contribution is -0.137. The standard InChI is InChI=1S/C14H19NO4/c1-9(2)10-4-5-11(12(6-10)19-3)7-13(16)15-8-14(17)18/h4-6,9H,7-8H2,1-3H3,(H,15,16)(H,17,18). The van der Waals surface area contributed by atoms with Crippen LogP contribution in [-0.2, 0) is 16.0 Å². The van der Waals surface area contributed by atoms with Crippen LogP contribution in [0.3, 0.4) is 0 Å². The summed E-state index contributed by atoms with van der Waals surface area (Å²) >= 11 is 0. The van der Waals surface area contributed by atoms with Crippen LogP contribution in [0.15, 0.2) is 18.2 Å². The summed E-state index contributed by atoms with van der Waals surface area (Å²) in [5.41, 5.74) is 1.88. The molecule has 0 spiro atoms. The molecule has 0 heterocycles. The Morgan fingerprint density at radius 1 is 1.37 bits per heavy atom. The SMILES string of the molecule is COc1cc(C(C)C)ccc1CC(=O)NCC(=O)O. The van der Waals surface area contributed by atoms with Crippen molar-refractivity contribution in [3.05, 3.63) is 29.3 Å². The summed E-state index contributed by atoms with van der Waals surface area (Å²) < 4.78 is 5.27. The minimum absolute atomic E-state index is 0.106. The van der Waals surface area contributed by atoms with Crippen molar-refractivity contribution < 1.29 is 19.4 Å². The second-order valence-corrected chi connectivity index (χ2v) is 4.57. The number of aliphatic carboxylic acids is 1. The number of methoxy groups -OCH3 is 1. The van der Waals surface area contributed by atoms with Gasteiger partial charge in [0.15, 0.2) is 0 Å². The maximum absolute atomic E-state index is 11.6. The van der Waals surface area contributed by atoms with E-state index < -0.39 is 5.97 Å². The first-order valence-corrected chi connectivity index (χ1v) is 6.09. The molecule has 2 N–H and O–H groups in total. The van der Waals surface area contributed by atoms with Crippen LogP contribution in [0.4, 0.5) is 0 Å². The first kappa shape index (κ1) is 15.0. The van der Waals surface area contributed by atoms with Crippen molar-refractivity contribution in [3.63, 3.8) is 0 Å². The molecule has 1 rings (SSSR count).